The molecular formula is C17H26BrNO. The first-order valence-corrected chi connectivity index (χ1v) is 8.46. The normalized spacial score (nSPS) is 14.2. The van der Waals surface area contributed by atoms with Crippen LogP contribution in [0.4, 0.5) is 0 Å². The summed E-state index contributed by atoms with van der Waals surface area (Å²) in [5.74, 6) is 1.14. The third-order valence-electron chi connectivity index (χ3n) is 3.93. The molecule has 1 aliphatic heterocycles. The Morgan fingerprint density at radius 2 is 2.15 bits per heavy atom. The van der Waals surface area contributed by atoms with Gasteiger partial charge in [0.2, 0.25) is 0 Å². The van der Waals surface area contributed by atoms with Crippen LogP contribution < -0.4 is 10.1 Å². The summed E-state index contributed by atoms with van der Waals surface area (Å²) >= 11 is 3.62. The highest BCUT2D eigenvalue weighted by Gasteiger charge is 2.21. The Bertz CT molecular complexity index is 457. The lowest BCUT2D eigenvalue weighted by atomic mass is 9.85. The van der Waals surface area contributed by atoms with E-state index in [-0.39, 0.29) is 0 Å². The van der Waals surface area contributed by atoms with Crippen molar-refractivity contribution in [2.24, 2.45) is 5.41 Å². The number of hydrogen-bond donors (Lipinski definition) is 1. The maximum atomic E-state index is 5.81. The van der Waals surface area contributed by atoms with Crippen molar-refractivity contribution in [1.82, 2.24) is 5.32 Å². The van der Waals surface area contributed by atoms with Crippen LogP contribution in [0.25, 0.3) is 0 Å². The van der Waals surface area contributed by atoms with Crippen molar-refractivity contribution < 1.29 is 4.74 Å². The van der Waals surface area contributed by atoms with Gasteiger partial charge in [-0.3, -0.25) is 0 Å². The number of fused-ring (bicyclic) bond motifs is 1. The average molecular weight is 340 g/mol. The molecule has 0 atom stereocenters. The molecule has 1 aromatic carbocycles. The van der Waals surface area contributed by atoms with E-state index < -0.39 is 0 Å². The molecule has 0 aromatic heterocycles. The van der Waals surface area contributed by atoms with E-state index in [1.807, 2.05) is 0 Å². The first-order valence-electron chi connectivity index (χ1n) is 7.66. The Morgan fingerprint density at radius 3 is 2.90 bits per heavy atom. The van der Waals surface area contributed by atoms with Gasteiger partial charge in [0.15, 0.2) is 0 Å². The van der Waals surface area contributed by atoms with E-state index in [2.05, 4.69) is 54.2 Å². The Morgan fingerprint density at radius 1 is 1.35 bits per heavy atom. The van der Waals surface area contributed by atoms with Crippen LogP contribution in [-0.4, -0.2) is 19.7 Å². The Balaban J connectivity index is 1.97. The summed E-state index contributed by atoms with van der Waals surface area (Å²) < 4.78 is 6.99. The molecule has 0 aliphatic carbocycles. The van der Waals surface area contributed by atoms with Crippen LogP contribution in [0, 0.1) is 5.41 Å². The van der Waals surface area contributed by atoms with E-state index in [0.717, 1.165) is 38.3 Å². The molecule has 0 amide bonds. The summed E-state index contributed by atoms with van der Waals surface area (Å²) in [6.45, 7) is 9.92. The third-order valence-corrected chi connectivity index (χ3v) is 4.38. The minimum atomic E-state index is 0.322. The molecule has 1 heterocycles. The van der Waals surface area contributed by atoms with Crippen molar-refractivity contribution >= 4 is 15.9 Å². The molecule has 0 bridgehead atoms. The monoisotopic (exact) mass is 339 g/mol. The van der Waals surface area contributed by atoms with Crippen LogP contribution in [0.3, 0.4) is 0 Å². The van der Waals surface area contributed by atoms with E-state index in [1.165, 1.54) is 28.4 Å². The zero-order chi connectivity index (χ0) is 14.6. The van der Waals surface area contributed by atoms with Gasteiger partial charge in [0, 0.05) is 17.4 Å². The second kappa shape index (κ2) is 6.95. The average Bonchev–Trinajstić information content (AvgIpc) is 2.84. The minimum Gasteiger partial charge on any atom is -0.493 e. The molecular weight excluding hydrogens is 314 g/mol. The molecule has 0 spiro atoms. The van der Waals surface area contributed by atoms with Gasteiger partial charge in [-0.05, 0) is 54.5 Å². The molecule has 112 valence electrons. The third kappa shape index (κ3) is 4.23. The summed E-state index contributed by atoms with van der Waals surface area (Å²) in [5.41, 5.74) is 3.04. The largest absolute Gasteiger partial charge is 0.493 e. The molecule has 0 saturated heterocycles. The summed E-state index contributed by atoms with van der Waals surface area (Å²) in [6, 6.07) is 4.42. The minimum absolute atomic E-state index is 0.322. The smallest absolute Gasteiger partial charge is 0.125 e. The van der Waals surface area contributed by atoms with Crippen LogP contribution in [0.1, 0.15) is 44.7 Å². The molecule has 20 heavy (non-hydrogen) atoms. The Labute approximate surface area is 131 Å². The highest BCUT2D eigenvalue weighted by molar-refractivity contribution is 9.10. The number of benzene rings is 1. The Kier molecular flexibility index (Phi) is 5.50. The van der Waals surface area contributed by atoms with Crippen molar-refractivity contribution in [3.63, 3.8) is 0 Å². The van der Waals surface area contributed by atoms with Crippen LogP contribution in [0.15, 0.2) is 16.6 Å². The predicted octanol–water partition coefficient (Wildman–Crippen LogP) is 4.34. The second-order valence-corrected chi connectivity index (χ2v) is 7.41. The summed E-state index contributed by atoms with van der Waals surface area (Å²) in [5, 5.41) is 3.53. The van der Waals surface area contributed by atoms with Gasteiger partial charge < -0.3 is 10.1 Å². The van der Waals surface area contributed by atoms with Gasteiger partial charge in [0.1, 0.15) is 5.75 Å². The molecule has 2 nitrogen and oxygen atoms in total. The van der Waals surface area contributed by atoms with Crippen molar-refractivity contribution in [3.05, 3.63) is 27.7 Å². The maximum absolute atomic E-state index is 5.81. The Hall–Kier alpha value is -0.540. The molecule has 2 rings (SSSR count). The zero-order valence-electron chi connectivity index (χ0n) is 12.9. The van der Waals surface area contributed by atoms with Crippen molar-refractivity contribution in [2.45, 2.75) is 46.5 Å². The molecule has 0 radical (unpaired) electrons. The fourth-order valence-electron chi connectivity index (χ4n) is 2.70. The van der Waals surface area contributed by atoms with Gasteiger partial charge in [0.25, 0.3) is 0 Å². The van der Waals surface area contributed by atoms with Gasteiger partial charge >= 0.3 is 0 Å². The predicted molar refractivity (Wildman–Crippen MR) is 88.6 cm³/mol. The second-order valence-electron chi connectivity index (χ2n) is 6.49. The van der Waals surface area contributed by atoms with Crippen molar-refractivity contribution in [2.75, 3.05) is 19.7 Å². The highest BCUT2D eigenvalue weighted by Crippen LogP contribution is 2.35. The fraction of sp³-hybridized carbons (Fsp3) is 0.647. The van der Waals surface area contributed by atoms with E-state index >= 15 is 0 Å². The van der Waals surface area contributed by atoms with E-state index in [1.54, 1.807) is 0 Å². The summed E-state index contributed by atoms with van der Waals surface area (Å²) in [6.07, 6.45) is 4.50. The summed E-state index contributed by atoms with van der Waals surface area (Å²) in [7, 11) is 0. The lowest BCUT2D eigenvalue weighted by Gasteiger charge is -2.25. The maximum Gasteiger partial charge on any atom is 0.125 e. The van der Waals surface area contributed by atoms with E-state index in [4.69, 9.17) is 4.74 Å². The van der Waals surface area contributed by atoms with Gasteiger partial charge in [-0.2, -0.15) is 0 Å². The molecule has 0 saturated carbocycles. The standard InChI is InChI=1S/C17H26BrNO/c1-4-8-19-12-17(2,3)7-5-13-10-15(18)11-14-6-9-20-16(13)14/h10-11,19H,4-9,12H2,1-3H3. The number of halogens is 1. The zero-order valence-corrected chi connectivity index (χ0v) is 14.5. The summed E-state index contributed by atoms with van der Waals surface area (Å²) in [4.78, 5) is 0. The van der Waals surface area contributed by atoms with Gasteiger partial charge in [0.05, 0.1) is 6.61 Å². The van der Waals surface area contributed by atoms with Crippen LogP contribution >= 0.6 is 15.9 Å². The fourth-order valence-corrected chi connectivity index (χ4v) is 3.25. The lowest BCUT2D eigenvalue weighted by molar-refractivity contribution is 0.310. The first kappa shape index (κ1) is 15.8. The molecule has 3 heteroatoms. The van der Waals surface area contributed by atoms with Gasteiger partial charge in [-0.1, -0.05) is 36.7 Å². The molecule has 1 aliphatic rings. The van der Waals surface area contributed by atoms with Crippen LogP contribution in [0.2, 0.25) is 0 Å². The number of hydrogen-bond acceptors (Lipinski definition) is 2. The van der Waals surface area contributed by atoms with Gasteiger partial charge in [-0.25, -0.2) is 0 Å². The number of nitrogens with one attached hydrogen (secondary N) is 1. The number of ether oxygens (including phenoxy) is 1. The highest BCUT2D eigenvalue weighted by atomic mass is 79.9. The van der Waals surface area contributed by atoms with Crippen molar-refractivity contribution in [3.8, 4) is 5.75 Å². The van der Waals surface area contributed by atoms with E-state index in [9.17, 15) is 0 Å². The number of rotatable bonds is 7. The first-order chi connectivity index (χ1) is 9.52. The van der Waals surface area contributed by atoms with Crippen LogP contribution in [-0.2, 0) is 12.8 Å². The van der Waals surface area contributed by atoms with E-state index in [0.29, 0.717) is 5.41 Å². The van der Waals surface area contributed by atoms with Gasteiger partial charge in [-0.15, -0.1) is 0 Å². The molecule has 0 fully saturated rings. The topological polar surface area (TPSA) is 21.3 Å². The lowest BCUT2D eigenvalue weighted by Crippen LogP contribution is -2.30. The molecule has 0 unspecified atom stereocenters. The molecule has 1 N–H and O–H groups in total. The van der Waals surface area contributed by atoms with Crippen LogP contribution in [0.5, 0.6) is 5.75 Å². The van der Waals surface area contributed by atoms with Crippen molar-refractivity contribution in [1.29, 1.82) is 0 Å². The SMILES string of the molecule is CCCNCC(C)(C)CCc1cc(Br)cc2c1OCC2. The quantitative estimate of drug-likeness (QED) is 0.746. The number of aryl methyl sites for hydroxylation is 1. The molecule has 1 aromatic rings.